The zero-order valence-corrected chi connectivity index (χ0v) is 25.2. The van der Waals surface area contributed by atoms with Crippen molar-refractivity contribution in [2.45, 2.75) is 37.1 Å². The number of benzene rings is 2. The van der Waals surface area contributed by atoms with Crippen LogP contribution in [-0.2, 0) is 23.0 Å². The molecule has 0 radical (unpaired) electrons. The fraction of sp³-hybridized carbons (Fsp3) is 0.312. The molecule has 2 aromatic heterocycles. The van der Waals surface area contributed by atoms with E-state index in [9.17, 15) is 22.7 Å². The maximum absolute atomic E-state index is 14.9. The van der Waals surface area contributed by atoms with Gasteiger partial charge < -0.3 is 14.6 Å². The van der Waals surface area contributed by atoms with Gasteiger partial charge in [0, 0.05) is 46.9 Å². The normalized spacial score (nSPS) is 17.1. The lowest BCUT2D eigenvalue weighted by atomic mass is 10.1. The molecule has 1 aliphatic heterocycles. The van der Waals surface area contributed by atoms with E-state index in [2.05, 4.69) is 33.3 Å². The monoisotopic (exact) mass is 618 g/mol. The van der Waals surface area contributed by atoms with Crippen molar-refractivity contribution >= 4 is 27.3 Å². The molecule has 2 fully saturated rings. The highest BCUT2D eigenvalue weighted by atomic mass is 32.2. The molecule has 2 aromatic carbocycles. The van der Waals surface area contributed by atoms with Gasteiger partial charge in [-0.3, -0.25) is 0 Å². The Balaban J connectivity index is 1.46. The SMILES string of the molecule is CN1CCC(C#Cc2cccc(-c3cc(-c4nc(C(=O)O)cs4)c(CC4CC4)n3Cc3ccc(S(N)(=O)=O)c(F)c3)c2)C1. The Hall–Kier alpha value is -3.82. The Kier molecular flexibility index (Phi) is 7.96. The number of hydrogen-bond donors (Lipinski definition) is 2. The molecule has 8 nitrogen and oxygen atoms in total. The van der Waals surface area contributed by atoms with E-state index in [1.807, 2.05) is 30.3 Å². The average Bonchev–Trinajstić information content (AvgIpc) is 3.30. The highest BCUT2D eigenvalue weighted by Crippen LogP contribution is 2.41. The molecule has 1 unspecified atom stereocenters. The largest absolute Gasteiger partial charge is 0.476 e. The van der Waals surface area contributed by atoms with Gasteiger partial charge in [-0.2, -0.15) is 0 Å². The van der Waals surface area contributed by atoms with Crippen LogP contribution in [0.4, 0.5) is 4.39 Å². The number of nitrogens with two attached hydrogens (primary N) is 1. The summed E-state index contributed by atoms with van der Waals surface area (Å²) in [6.07, 6.45) is 3.99. The lowest BCUT2D eigenvalue weighted by molar-refractivity contribution is 0.0691. The van der Waals surface area contributed by atoms with Gasteiger partial charge in [0.2, 0.25) is 10.0 Å². The Labute approximate surface area is 254 Å². The van der Waals surface area contributed by atoms with Gasteiger partial charge in [-0.05, 0) is 86.7 Å². The lowest BCUT2D eigenvalue weighted by Gasteiger charge is -2.16. The third-order valence-corrected chi connectivity index (χ3v) is 9.77. The number of aromatic nitrogens is 2. The summed E-state index contributed by atoms with van der Waals surface area (Å²) in [5.41, 5.74) is 5.03. The minimum absolute atomic E-state index is 0.0119. The van der Waals surface area contributed by atoms with Gasteiger partial charge in [0.15, 0.2) is 5.69 Å². The number of nitrogens with zero attached hydrogens (tertiary/aromatic N) is 3. The van der Waals surface area contributed by atoms with Gasteiger partial charge in [0.25, 0.3) is 0 Å². The molecule has 222 valence electrons. The van der Waals surface area contributed by atoms with Crippen molar-refractivity contribution in [2.75, 3.05) is 20.1 Å². The highest BCUT2D eigenvalue weighted by Gasteiger charge is 2.28. The van der Waals surface area contributed by atoms with E-state index in [1.165, 1.54) is 28.8 Å². The van der Waals surface area contributed by atoms with E-state index in [-0.39, 0.29) is 12.2 Å². The van der Waals surface area contributed by atoms with Crippen LogP contribution in [0.15, 0.2) is 58.8 Å². The first kappa shape index (κ1) is 29.3. The van der Waals surface area contributed by atoms with Crippen LogP contribution in [0.2, 0.25) is 0 Å². The van der Waals surface area contributed by atoms with Crippen LogP contribution >= 0.6 is 11.3 Å². The molecule has 2 aliphatic rings. The van der Waals surface area contributed by atoms with E-state index in [0.29, 0.717) is 22.4 Å². The summed E-state index contributed by atoms with van der Waals surface area (Å²) in [6.45, 7) is 2.26. The second-order valence-corrected chi connectivity index (χ2v) is 13.8. The van der Waals surface area contributed by atoms with Crippen LogP contribution in [0.1, 0.15) is 46.6 Å². The van der Waals surface area contributed by atoms with E-state index in [1.54, 1.807) is 6.07 Å². The smallest absolute Gasteiger partial charge is 0.355 e. The molecule has 6 rings (SSSR count). The Bertz CT molecular complexity index is 1880. The lowest BCUT2D eigenvalue weighted by Crippen LogP contribution is -2.14. The molecular weight excluding hydrogens is 588 g/mol. The first-order valence-corrected chi connectivity index (χ1v) is 16.5. The molecule has 1 atom stereocenters. The maximum atomic E-state index is 14.9. The highest BCUT2D eigenvalue weighted by molar-refractivity contribution is 7.89. The molecule has 0 bridgehead atoms. The standard InChI is InChI=1S/C32H31FN4O4S2/c1-36-12-11-22(17-36)8-7-20-3-2-4-24(13-20)28-16-25(31-35-27(19-42-31)32(38)39)29(15-21-5-6-21)37(28)18-23-9-10-30(26(33)14-23)43(34,40)41/h2-4,9-10,13-14,16,19,21-22H,5-6,11-12,15,17-18H2,1H3,(H,38,39)(H2,34,40,41). The first-order chi connectivity index (χ1) is 20.5. The van der Waals surface area contributed by atoms with Crippen LogP contribution in [0.3, 0.4) is 0 Å². The Morgan fingerprint density at radius 1 is 1.19 bits per heavy atom. The maximum Gasteiger partial charge on any atom is 0.355 e. The molecular formula is C32H31FN4O4S2. The summed E-state index contributed by atoms with van der Waals surface area (Å²) in [6, 6.07) is 14.0. The number of aromatic carboxylic acids is 1. The van der Waals surface area contributed by atoms with E-state index in [0.717, 1.165) is 66.9 Å². The summed E-state index contributed by atoms with van der Waals surface area (Å²) in [5.74, 6) is 5.59. The summed E-state index contributed by atoms with van der Waals surface area (Å²) >= 11 is 1.28. The van der Waals surface area contributed by atoms with Gasteiger partial charge >= 0.3 is 5.97 Å². The summed E-state index contributed by atoms with van der Waals surface area (Å²) in [7, 11) is -2.10. The van der Waals surface area contributed by atoms with Crippen molar-refractivity contribution in [3.8, 4) is 33.7 Å². The number of carboxylic acids is 1. The summed E-state index contributed by atoms with van der Waals surface area (Å²) in [5, 5.41) is 16.8. The van der Waals surface area contributed by atoms with Gasteiger partial charge in [0.1, 0.15) is 15.7 Å². The zero-order valence-electron chi connectivity index (χ0n) is 23.6. The van der Waals surface area contributed by atoms with Crippen molar-refractivity contribution in [1.29, 1.82) is 0 Å². The van der Waals surface area contributed by atoms with Crippen molar-refractivity contribution in [3.63, 3.8) is 0 Å². The number of carboxylic acid groups (broad SMARTS) is 1. The molecule has 1 saturated carbocycles. The second-order valence-electron chi connectivity index (χ2n) is 11.4. The van der Waals surface area contributed by atoms with Crippen LogP contribution in [0.25, 0.3) is 21.8 Å². The van der Waals surface area contributed by atoms with Crippen LogP contribution in [0, 0.1) is 29.5 Å². The molecule has 11 heteroatoms. The van der Waals surface area contributed by atoms with Crippen molar-refractivity contribution in [2.24, 2.45) is 17.0 Å². The number of likely N-dealkylation sites (tertiary alicyclic amines) is 1. The van der Waals surface area contributed by atoms with E-state index < -0.39 is 26.7 Å². The zero-order chi connectivity index (χ0) is 30.3. The molecule has 3 N–H and O–H groups in total. The quantitative estimate of drug-likeness (QED) is 0.266. The second kappa shape index (κ2) is 11.7. The topological polar surface area (TPSA) is 119 Å². The molecule has 1 aliphatic carbocycles. The van der Waals surface area contributed by atoms with Crippen LogP contribution < -0.4 is 5.14 Å². The van der Waals surface area contributed by atoms with Gasteiger partial charge in [-0.1, -0.05) is 30.0 Å². The van der Waals surface area contributed by atoms with Crippen LogP contribution in [0.5, 0.6) is 0 Å². The Morgan fingerprint density at radius 2 is 2.00 bits per heavy atom. The molecule has 4 aromatic rings. The van der Waals surface area contributed by atoms with Crippen LogP contribution in [-0.4, -0.2) is 54.1 Å². The molecule has 3 heterocycles. The number of carbonyl (C=O) groups is 1. The predicted octanol–water partition coefficient (Wildman–Crippen LogP) is 5.07. The third kappa shape index (κ3) is 6.58. The van der Waals surface area contributed by atoms with Crippen molar-refractivity contribution in [1.82, 2.24) is 14.5 Å². The third-order valence-electron chi connectivity index (χ3n) is 7.96. The molecule has 43 heavy (non-hydrogen) atoms. The van der Waals surface area contributed by atoms with Gasteiger partial charge in [-0.15, -0.1) is 11.3 Å². The van der Waals surface area contributed by atoms with Crippen molar-refractivity contribution in [3.05, 3.63) is 82.2 Å². The van der Waals surface area contributed by atoms with Gasteiger partial charge in [-0.25, -0.2) is 27.7 Å². The number of primary sulfonamides is 1. The first-order valence-electron chi connectivity index (χ1n) is 14.1. The average molecular weight is 619 g/mol. The minimum Gasteiger partial charge on any atom is -0.476 e. The van der Waals surface area contributed by atoms with Crippen molar-refractivity contribution < 1.29 is 22.7 Å². The van der Waals surface area contributed by atoms with E-state index in [4.69, 9.17) is 5.14 Å². The summed E-state index contributed by atoms with van der Waals surface area (Å²) in [4.78, 5) is 17.8. The molecule has 1 saturated heterocycles. The van der Waals surface area contributed by atoms with Gasteiger partial charge in [0.05, 0.1) is 0 Å². The Morgan fingerprint density at radius 3 is 2.65 bits per heavy atom. The summed E-state index contributed by atoms with van der Waals surface area (Å²) < 4.78 is 40.6. The predicted molar refractivity (Wildman–Crippen MR) is 164 cm³/mol. The van der Waals surface area contributed by atoms with E-state index >= 15 is 0 Å². The number of rotatable bonds is 8. The fourth-order valence-corrected chi connectivity index (χ4v) is 6.98. The minimum atomic E-state index is -4.20. The molecule has 0 spiro atoms. The number of halogens is 1. The molecule has 0 amide bonds. The number of hydrogen-bond acceptors (Lipinski definition) is 6. The fourth-order valence-electron chi connectivity index (χ4n) is 5.56. The number of thiazole rings is 1. The number of sulfonamides is 1.